The van der Waals surface area contributed by atoms with E-state index >= 15 is 0 Å². The topological polar surface area (TPSA) is 103 Å². The lowest BCUT2D eigenvalue weighted by molar-refractivity contribution is -0.154. The van der Waals surface area contributed by atoms with Crippen LogP contribution in [0.5, 0.6) is 0 Å². The quantitative estimate of drug-likeness (QED) is 0.592. The van der Waals surface area contributed by atoms with Gasteiger partial charge in [-0.2, -0.15) is 10.5 Å². The summed E-state index contributed by atoms with van der Waals surface area (Å²) in [5, 5.41) is 23.9. The number of nitrogens with one attached hydrogen (secondary N) is 1. The highest BCUT2D eigenvalue weighted by Crippen LogP contribution is 2.52. The number of nitrogens with zero attached hydrogens (tertiary/aromatic N) is 2. The molecule has 1 aliphatic rings. The molecule has 2 aromatic carbocycles. The summed E-state index contributed by atoms with van der Waals surface area (Å²) in [6.07, 6.45) is 0. The smallest absolute Gasteiger partial charge is 0.318 e. The standard InChI is InChI=1S/C21H15Cl2N3O3/c1-29-20(28)16-17(12-2-6-14(22)7-3-12)21(10-24,11-25)18(26-19(16)27)13-4-8-15(23)9-5-13/h2-9,16-18H,1H3,(H,26,27). The van der Waals surface area contributed by atoms with Crippen molar-refractivity contribution in [3.05, 3.63) is 69.7 Å². The van der Waals surface area contributed by atoms with E-state index in [0.29, 0.717) is 21.2 Å². The van der Waals surface area contributed by atoms with Gasteiger partial charge in [-0.1, -0.05) is 47.5 Å². The van der Waals surface area contributed by atoms with Crippen molar-refractivity contribution in [2.75, 3.05) is 7.11 Å². The van der Waals surface area contributed by atoms with Crippen molar-refractivity contribution < 1.29 is 14.3 Å². The van der Waals surface area contributed by atoms with E-state index < -0.39 is 35.2 Å². The van der Waals surface area contributed by atoms with Gasteiger partial charge in [-0.05, 0) is 35.4 Å². The zero-order valence-electron chi connectivity index (χ0n) is 15.2. The van der Waals surface area contributed by atoms with Crippen molar-refractivity contribution >= 4 is 35.1 Å². The van der Waals surface area contributed by atoms with Crippen LogP contribution in [0, 0.1) is 34.0 Å². The van der Waals surface area contributed by atoms with Crippen LogP contribution in [0.1, 0.15) is 23.1 Å². The lowest BCUT2D eigenvalue weighted by Gasteiger charge is -2.44. The first-order chi connectivity index (χ1) is 13.9. The first-order valence-corrected chi connectivity index (χ1v) is 9.35. The molecule has 1 heterocycles. The molecule has 0 spiro atoms. The number of amides is 1. The van der Waals surface area contributed by atoms with Crippen LogP contribution in [0.15, 0.2) is 48.5 Å². The zero-order valence-corrected chi connectivity index (χ0v) is 16.7. The van der Waals surface area contributed by atoms with E-state index in [4.69, 9.17) is 27.9 Å². The molecule has 3 atom stereocenters. The van der Waals surface area contributed by atoms with Gasteiger partial charge in [0.05, 0.1) is 25.3 Å². The molecule has 1 aliphatic heterocycles. The van der Waals surface area contributed by atoms with Gasteiger partial charge in [0.15, 0.2) is 5.41 Å². The molecule has 146 valence electrons. The Morgan fingerprint density at radius 3 is 1.93 bits per heavy atom. The number of esters is 1. The minimum atomic E-state index is -1.78. The van der Waals surface area contributed by atoms with Crippen LogP contribution >= 0.6 is 23.2 Å². The summed E-state index contributed by atoms with van der Waals surface area (Å²) in [4.78, 5) is 25.4. The van der Waals surface area contributed by atoms with Crippen molar-refractivity contribution in [3.8, 4) is 12.1 Å². The molecule has 3 rings (SSSR count). The summed E-state index contributed by atoms with van der Waals surface area (Å²) in [6, 6.07) is 16.0. The number of carbonyl (C=O) groups is 2. The lowest BCUT2D eigenvalue weighted by Crippen LogP contribution is -2.56. The molecule has 6 nitrogen and oxygen atoms in total. The highest BCUT2D eigenvalue weighted by atomic mass is 35.5. The molecule has 3 unspecified atom stereocenters. The summed E-state index contributed by atoms with van der Waals surface area (Å²) in [5.74, 6) is -3.90. The number of methoxy groups -OCH3 is 1. The molecule has 0 aliphatic carbocycles. The highest BCUT2D eigenvalue weighted by molar-refractivity contribution is 6.30. The molecule has 0 aromatic heterocycles. The maximum atomic E-state index is 12.9. The van der Waals surface area contributed by atoms with Crippen molar-refractivity contribution in [1.29, 1.82) is 10.5 Å². The molecule has 2 aromatic rings. The number of hydrogen-bond acceptors (Lipinski definition) is 5. The average Bonchev–Trinajstić information content (AvgIpc) is 2.74. The Kier molecular flexibility index (Phi) is 5.79. The minimum Gasteiger partial charge on any atom is -0.468 e. The van der Waals surface area contributed by atoms with Crippen LogP contribution in [0.25, 0.3) is 0 Å². The fourth-order valence-corrected chi connectivity index (χ4v) is 3.98. The van der Waals surface area contributed by atoms with E-state index in [1.54, 1.807) is 48.5 Å². The molecule has 1 N–H and O–H groups in total. The van der Waals surface area contributed by atoms with Crippen LogP contribution in [0.2, 0.25) is 10.0 Å². The average molecular weight is 428 g/mol. The molecule has 0 saturated carbocycles. The Morgan fingerprint density at radius 1 is 1.00 bits per heavy atom. The van der Waals surface area contributed by atoms with E-state index in [1.165, 1.54) is 0 Å². The molecular weight excluding hydrogens is 413 g/mol. The SMILES string of the molecule is COC(=O)C1C(=O)NC(c2ccc(Cl)cc2)C(C#N)(C#N)C1c1ccc(Cl)cc1. The first kappa shape index (κ1) is 20.7. The lowest BCUT2D eigenvalue weighted by atomic mass is 9.60. The van der Waals surface area contributed by atoms with Crippen LogP contribution < -0.4 is 5.32 Å². The summed E-state index contributed by atoms with van der Waals surface area (Å²) in [5.41, 5.74) is -0.802. The molecule has 0 radical (unpaired) electrons. The predicted octanol–water partition coefficient (Wildman–Crippen LogP) is 3.77. The van der Waals surface area contributed by atoms with Crippen molar-refractivity contribution in [1.82, 2.24) is 5.32 Å². The Bertz CT molecular complexity index is 1010. The second kappa shape index (κ2) is 8.13. The number of hydrogen-bond donors (Lipinski definition) is 1. The monoisotopic (exact) mass is 427 g/mol. The van der Waals surface area contributed by atoms with E-state index in [0.717, 1.165) is 7.11 Å². The number of ether oxygens (including phenoxy) is 1. The third-order valence-corrected chi connectivity index (χ3v) is 5.61. The van der Waals surface area contributed by atoms with Gasteiger partial charge in [-0.15, -0.1) is 0 Å². The van der Waals surface area contributed by atoms with Crippen LogP contribution in [0.4, 0.5) is 0 Å². The molecule has 1 amide bonds. The van der Waals surface area contributed by atoms with Gasteiger partial charge >= 0.3 is 5.97 Å². The van der Waals surface area contributed by atoms with E-state index in [9.17, 15) is 20.1 Å². The maximum absolute atomic E-state index is 12.9. The molecule has 0 bridgehead atoms. The number of piperidine rings is 1. The molecule has 29 heavy (non-hydrogen) atoms. The normalized spacial score (nSPS) is 22.7. The maximum Gasteiger partial charge on any atom is 0.318 e. The van der Waals surface area contributed by atoms with Crippen molar-refractivity contribution in [3.63, 3.8) is 0 Å². The summed E-state index contributed by atoms with van der Waals surface area (Å²) < 4.78 is 4.81. The Labute approximate surface area is 177 Å². The number of carbonyl (C=O) groups excluding carboxylic acids is 2. The minimum absolute atomic E-state index is 0.442. The van der Waals surface area contributed by atoms with E-state index in [1.807, 2.05) is 0 Å². The largest absolute Gasteiger partial charge is 0.468 e. The summed E-state index contributed by atoms with van der Waals surface area (Å²) >= 11 is 11.9. The molecular formula is C21H15Cl2N3O3. The van der Waals surface area contributed by atoms with Gasteiger partial charge in [0, 0.05) is 16.0 Å². The Hall–Kier alpha value is -3.06. The number of halogens is 2. The van der Waals surface area contributed by atoms with Crippen LogP contribution in [0.3, 0.4) is 0 Å². The zero-order chi connectivity index (χ0) is 21.2. The first-order valence-electron chi connectivity index (χ1n) is 8.59. The van der Waals surface area contributed by atoms with E-state index in [2.05, 4.69) is 17.5 Å². The van der Waals surface area contributed by atoms with Gasteiger partial charge in [0.25, 0.3) is 0 Å². The van der Waals surface area contributed by atoms with Crippen molar-refractivity contribution in [2.24, 2.45) is 11.3 Å². The van der Waals surface area contributed by atoms with Gasteiger partial charge in [-0.3, -0.25) is 9.59 Å². The number of nitriles is 2. The Balaban J connectivity index is 2.26. The van der Waals surface area contributed by atoms with Crippen LogP contribution in [-0.4, -0.2) is 19.0 Å². The fraction of sp³-hybridized carbons (Fsp3) is 0.238. The van der Waals surface area contributed by atoms with E-state index in [-0.39, 0.29) is 0 Å². The third-order valence-electron chi connectivity index (χ3n) is 5.11. The van der Waals surface area contributed by atoms with Gasteiger partial charge < -0.3 is 10.1 Å². The Morgan fingerprint density at radius 2 is 1.48 bits per heavy atom. The highest BCUT2D eigenvalue weighted by Gasteiger charge is 2.59. The summed E-state index contributed by atoms with van der Waals surface area (Å²) in [7, 11) is 1.15. The van der Waals surface area contributed by atoms with Gasteiger partial charge in [-0.25, -0.2) is 0 Å². The van der Waals surface area contributed by atoms with Gasteiger partial charge in [0.1, 0.15) is 5.92 Å². The van der Waals surface area contributed by atoms with Crippen molar-refractivity contribution in [2.45, 2.75) is 12.0 Å². The third kappa shape index (κ3) is 3.53. The molecule has 1 saturated heterocycles. The second-order valence-electron chi connectivity index (χ2n) is 6.62. The van der Waals surface area contributed by atoms with Crippen LogP contribution in [-0.2, 0) is 14.3 Å². The predicted molar refractivity (Wildman–Crippen MR) is 106 cm³/mol. The number of rotatable bonds is 3. The fourth-order valence-electron chi connectivity index (χ4n) is 3.73. The van der Waals surface area contributed by atoms with Gasteiger partial charge in [0.2, 0.25) is 5.91 Å². The summed E-state index contributed by atoms with van der Waals surface area (Å²) in [6.45, 7) is 0. The second-order valence-corrected chi connectivity index (χ2v) is 7.49. The molecule has 8 heteroatoms. The molecule has 1 fully saturated rings. The number of benzene rings is 2.